The maximum atomic E-state index is 5.65. The Kier molecular flexibility index (Phi) is 3.27. The minimum atomic E-state index is 0.211. The summed E-state index contributed by atoms with van der Waals surface area (Å²) in [6, 6.07) is 10.4. The normalized spacial score (nSPS) is 19.7. The average molecular weight is 310 g/mol. The number of benzene rings is 1. The Morgan fingerprint density at radius 1 is 1.35 bits per heavy atom. The fourth-order valence-electron chi connectivity index (χ4n) is 1.90. The largest absolute Gasteiger partial charge is 0.362 e. The van der Waals surface area contributed by atoms with Crippen LogP contribution in [0.4, 0.5) is 0 Å². The second kappa shape index (κ2) is 4.88. The van der Waals surface area contributed by atoms with Gasteiger partial charge in [0, 0.05) is 33.9 Å². The molecular formula is C13H12BrNOS. The smallest absolute Gasteiger partial charge is 0.130 e. The lowest BCUT2D eigenvalue weighted by Gasteiger charge is -2.06. The molecule has 0 bridgehead atoms. The fourth-order valence-corrected chi connectivity index (χ4v) is 3.22. The van der Waals surface area contributed by atoms with E-state index in [1.807, 2.05) is 23.9 Å². The number of ether oxygens (including phenoxy) is 1. The first-order valence-corrected chi connectivity index (χ1v) is 7.34. The number of aromatic nitrogens is 1. The van der Waals surface area contributed by atoms with E-state index in [2.05, 4.69) is 51.1 Å². The third kappa shape index (κ3) is 2.44. The van der Waals surface area contributed by atoms with Gasteiger partial charge in [-0.3, -0.25) is 0 Å². The van der Waals surface area contributed by atoms with E-state index in [0.717, 1.165) is 22.5 Å². The molecule has 1 aromatic heterocycles. The first kappa shape index (κ1) is 11.4. The quantitative estimate of drug-likeness (QED) is 0.832. The standard InChI is InChI=1S/C13H12BrNOS/c14-11-2-1-3-12(8-11)15-5-4-10(9-15)13-16-6-7-17-13/h1-5,8-9,13H,6-7H2/t13-/m0/s1. The number of hydrogen-bond acceptors (Lipinski definition) is 2. The van der Waals surface area contributed by atoms with Crippen molar-refractivity contribution in [3.05, 3.63) is 52.8 Å². The molecule has 0 saturated carbocycles. The highest BCUT2D eigenvalue weighted by atomic mass is 79.9. The molecule has 2 nitrogen and oxygen atoms in total. The highest BCUT2D eigenvalue weighted by Gasteiger charge is 2.19. The minimum Gasteiger partial charge on any atom is -0.362 e. The fraction of sp³-hybridized carbons (Fsp3) is 0.231. The topological polar surface area (TPSA) is 14.2 Å². The van der Waals surface area contributed by atoms with E-state index in [-0.39, 0.29) is 5.44 Å². The van der Waals surface area contributed by atoms with Crippen LogP contribution in [-0.4, -0.2) is 16.9 Å². The molecule has 3 rings (SSSR count). The number of nitrogens with zero attached hydrogens (tertiary/aromatic N) is 1. The predicted molar refractivity (Wildman–Crippen MR) is 74.6 cm³/mol. The molecule has 1 atom stereocenters. The number of hydrogen-bond donors (Lipinski definition) is 0. The van der Waals surface area contributed by atoms with Crippen molar-refractivity contribution in [3.8, 4) is 5.69 Å². The van der Waals surface area contributed by atoms with E-state index in [9.17, 15) is 0 Å². The molecular weight excluding hydrogens is 298 g/mol. The van der Waals surface area contributed by atoms with Gasteiger partial charge in [-0.25, -0.2) is 0 Å². The maximum Gasteiger partial charge on any atom is 0.130 e. The predicted octanol–water partition coefficient (Wildman–Crippen LogP) is 4.00. The van der Waals surface area contributed by atoms with Crippen molar-refractivity contribution >= 4 is 27.7 Å². The summed E-state index contributed by atoms with van der Waals surface area (Å²) in [5.41, 5.74) is 2.62. The zero-order valence-corrected chi connectivity index (χ0v) is 11.6. The molecule has 2 aromatic rings. The van der Waals surface area contributed by atoms with Gasteiger partial charge < -0.3 is 9.30 Å². The van der Waals surface area contributed by atoms with Gasteiger partial charge in [-0.2, -0.15) is 0 Å². The summed E-state index contributed by atoms with van der Waals surface area (Å²) < 4.78 is 8.87. The van der Waals surface area contributed by atoms with Crippen LogP contribution in [0.5, 0.6) is 0 Å². The lowest BCUT2D eigenvalue weighted by Crippen LogP contribution is -1.92. The van der Waals surface area contributed by atoms with E-state index >= 15 is 0 Å². The molecule has 1 saturated heterocycles. The van der Waals surface area contributed by atoms with E-state index in [0.29, 0.717) is 0 Å². The van der Waals surface area contributed by atoms with Crippen LogP contribution in [0.1, 0.15) is 11.0 Å². The maximum absolute atomic E-state index is 5.65. The average Bonchev–Trinajstić information content (AvgIpc) is 3.00. The van der Waals surface area contributed by atoms with Crippen molar-refractivity contribution in [2.24, 2.45) is 0 Å². The second-order valence-electron chi connectivity index (χ2n) is 3.91. The molecule has 1 fully saturated rings. The van der Waals surface area contributed by atoms with Gasteiger partial charge in [0.05, 0.1) is 6.61 Å². The summed E-state index contributed by atoms with van der Waals surface area (Å²) in [4.78, 5) is 0. The number of rotatable bonds is 2. The van der Waals surface area contributed by atoms with E-state index in [4.69, 9.17) is 4.74 Å². The van der Waals surface area contributed by atoms with Gasteiger partial charge in [-0.15, -0.1) is 11.8 Å². The van der Waals surface area contributed by atoms with Crippen LogP contribution in [0.25, 0.3) is 5.69 Å². The van der Waals surface area contributed by atoms with E-state index < -0.39 is 0 Å². The zero-order chi connectivity index (χ0) is 11.7. The van der Waals surface area contributed by atoms with Crippen molar-refractivity contribution in [1.82, 2.24) is 4.57 Å². The number of halogens is 1. The molecule has 1 aromatic carbocycles. The zero-order valence-electron chi connectivity index (χ0n) is 9.17. The molecule has 0 radical (unpaired) electrons. The Hall–Kier alpha value is -0.710. The third-order valence-corrected chi connectivity index (χ3v) is 4.32. The van der Waals surface area contributed by atoms with Crippen LogP contribution in [0.15, 0.2) is 47.2 Å². The summed E-state index contributed by atoms with van der Waals surface area (Å²) in [6.07, 6.45) is 4.23. The molecule has 2 heterocycles. The van der Waals surface area contributed by atoms with Crippen molar-refractivity contribution < 1.29 is 4.74 Å². The number of thioether (sulfide) groups is 1. The van der Waals surface area contributed by atoms with E-state index in [1.165, 1.54) is 5.56 Å². The van der Waals surface area contributed by atoms with Gasteiger partial charge in [0.1, 0.15) is 5.44 Å². The molecule has 0 spiro atoms. The lowest BCUT2D eigenvalue weighted by atomic mass is 10.3. The Bertz CT molecular complexity index is 520. The van der Waals surface area contributed by atoms with Gasteiger partial charge in [-0.1, -0.05) is 22.0 Å². The summed E-state index contributed by atoms with van der Waals surface area (Å²) in [5, 5.41) is 0. The molecule has 1 aliphatic heterocycles. The highest BCUT2D eigenvalue weighted by molar-refractivity contribution is 9.10. The highest BCUT2D eigenvalue weighted by Crippen LogP contribution is 2.35. The Balaban J connectivity index is 1.89. The molecule has 0 N–H and O–H groups in total. The summed E-state index contributed by atoms with van der Waals surface area (Å²) in [7, 11) is 0. The van der Waals surface area contributed by atoms with Gasteiger partial charge in [0.15, 0.2) is 0 Å². The van der Waals surface area contributed by atoms with Gasteiger partial charge in [0.2, 0.25) is 0 Å². The Labute approximate surface area is 113 Å². The van der Waals surface area contributed by atoms with E-state index in [1.54, 1.807) is 0 Å². The van der Waals surface area contributed by atoms with Crippen LogP contribution >= 0.6 is 27.7 Å². The minimum absolute atomic E-state index is 0.211. The lowest BCUT2D eigenvalue weighted by molar-refractivity contribution is 0.145. The van der Waals surface area contributed by atoms with Gasteiger partial charge in [0.25, 0.3) is 0 Å². The van der Waals surface area contributed by atoms with Crippen LogP contribution in [0.2, 0.25) is 0 Å². The first-order valence-electron chi connectivity index (χ1n) is 5.50. The Morgan fingerprint density at radius 3 is 3.06 bits per heavy atom. The van der Waals surface area contributed by atoms with Crippen molar-refractivity contribution in [2.75, 3.05) is 12.4 Å². The first-order chi connectivity index (χ1) is 8.33. The molecule has 17 heavy (non-hydrogen) atoms. The summed E-state index contributed by atoms with van der Waals surface area (Å²) in [5.74, 6) is 1.09. The monoisotopic (exact) mass is 309 g/mol. The molecule has 88 valence electrons. The van der Waals surface area contributed by atoms with Crippen LogP contribution in [0, 0.1) is 0 Å². The van der Waals surface area contributed by atoms with Gasteiger partial charge in [-0.05, 0) is 24.3 Å². The van der Waals surface area contributed by atoms with Crippen LogP contribution < -0.4 is 0 Å². The third-order valence-electron chi connectivity index (χ3n) is 2.72. The molecule has 0 unspecified atom stereocenters. The summed E-state index contributed by atoms with van der Waals surface area (Å²) in [6.45, 7) is 0.859. The molecule has 0 aliphatic carbocycles. The van der Waals surface area contributed by atoms with Crippen molar-refractivity contribution in [2.45, 2.75) is 5.44 Å². The second-order valence-corrected chi connectivity index (χ2v) is 5.99. The molecule has 4 heteroatoms. The molecule has 1 aliphatic rings. The Morgan fingerprint density at radius 2 is 2.29 bits per heavy atom. The van der Waals surface area contributed by atoms with Crippen LogP contribution in [0.3, 0.4) is 0 Å². The van der Waals surface area contributed by atoms with Gasteiger partial charge >= 0.3 is 0 Å². The van der Waals surface area contributed by atoms with Crippen molar-refractivity contribution in [1.29, 1.82) is 0 Å². The van der Waals surface area contributed by atoms with Crippen LogP contribution in [-0.2, 0) is 4.74 Å². The SMILES string of the molecule is Brc1cccc(-n2ccc([C@H]3OCCS3)c2)c1. The molecule has 0 amide bonds. The van der Waals surface area contributed by atoms with Crippen molar-refractivity contribution in [3.63, 3.8) is 0 Å². The summed E-state index contributed by atoms with van der Waals surface area (Å²) >= 11 is 5.35.